The summed E-state index contributed by atoms with van der Waals surface area (Å²) in [5.74, 6) is -1.34. The molecule has 0 saturated carbocycles. The zero-order chi connectivity index (χ0) is 12.7. The molecule has 1 rings (SSSR count). The van der Waals surface area contributed by atoms with Crippen LogP contribution in [0.1, 0.15) is 13.3 Å². The van der Waals surface area contributed by atoms with Gasteiger partial charge in [0.1, 0.15) is 12.2 Å². The molecule has 0 amide bonds. The maximum atomic E-state index is 13.2. The minimum Gasteiger partial charge on any atom is -0.466 e. The lowest BCUT2D eigenvalue weighted by Gasteiger charge is -2.06. The van der Waals surface area contributed by atoms with Gasteiger partial charge in [-0.2, -0.15) is 0 Å². The van der Waals surface area contributed by atoms with E-state index in [0.717, 1.165) is 0 Å². The fourth-order valence-electron chi connectivity index (χ4n) is 1.23. The molecule has 1 aromatic carbocycles. The number of carbonyl (C=O) groups is 2. The zero-order valence-corrected chi connectivity index (χ0v) is 9.53. The van der Waals surface area contributed by atoms with Crippen LogP contribution >= 0.6 is 0 Å². The van der Waals surface area contributed by atoms with Gasteiger partial charge in [-0.25, -0.2) is 4.39 Å². The highest BCUT2D eigenvalue weighted by Gasteiger charge is 2.10. The molecule has 17 heavy (non-hydrogen) atoms. The van der Waals surface area contributed by atoms with Crippen molar-refractivity contribution in [1.82, 2.24) is 0 Å². The van der Waals surface area contributed by atoms with Gasteiger partial charge in [0.2, 0.25) is 0 Å². The normalized spacial score (nSPS) is 9.76. The zero-order valence-electron chi connectivity index (χ0n) is 9.53. The highest BCUT2D eigenvalue weighted by atomic mass is 19.1. The molecule has 0 aliphatic carbocycles. The van der Waals surface area contributed by atoms with Gasteiger partial charge in [0, 0.05) is 0 Å². The van der Waals surface area contributed by atoms with Gasteiger partial charge in [-0.1, -0.05) is 12.1 Å². The van der Waals surface area contributed by atoms with E-state index in [1.165, 1.54) is 12.1 Å². The van der Waals surface area contributed by atoms with Gasteiger partial charge in [-0.3, -0.25) is 9.59 Å². The summed E-state index contributed by atoms with van der Waals surface area (Å²) in [5, 5.41) is 2.63. The minimum atomic E-state index is -0.562. The van der Waals surface area contributed by atoms with Crippen molar-refractivity contribution < 1.29 is 18.7 Å². The summed E-state index contributed by atoms with van der Waals surface area (Å²) in [4.78, 5) is 22.3. The first-order valence-corrected chi connectivity index (χ1v) is 5.29. The Bertz CT molecular complexity index is 406. The second-order valence-corrected chi connectivity index (χ2v) is 3.35. The Kier molecular flexibility index (Phi) is 5.13. The van der Waals surface area contributed by atoms with Crippen molar-refractivity contribution in [2.24, 2.45) is 0 Å². The second-order valence-electron chi connectivity index (χ2n) is 3.35. The summed E-state index contributed by atoms with van der Waals surface area (Å²) in [5.41, 5.74) is 0.240. The molecule has 0 radical (unpaired) electrons. The maximum absolute atomic E-state index is 13.2. The molecule has 92 valence electrons. The number of nitrogens with one attached hydrogen (secondary N) is 1. The van der Waals surface area contributed by atoms with Gasteiger partial charge in [0.25, 0.3) is 0 Å². The van der Waals surface area contributed by atoms with E-state index in [-0.39, 0.29) is 31.0 Å². The van der Waals surface area contributed by atoms with Crippen LogP contribution in [0.5, 0.6) is 0 Å². The van der Waals surface area contributed by atoms with Gasteiger partial charge in [-0.05, 0) is 19.1 Å². The molecular formula is C12H14FNO3. The monoisotopic (exact) mass is 239 g/mol. The number of para-hydroxylation sites is 1. The number of halogens is 1. The maximum Gasteiger partial charge on any atom is 0.313 e. The van der Waals surface area contributed by atoms with Crippen LogP contribution in [0.4, 0.5) is 10.1 Å². The van der Waals surface area contributed by atoms with Crippen molar-refractivity contribution in [3.8, 4) is 0 Å². The Balaban J connectivity index is 2.38. The molecule has 0 spiro atoms. The molecule has 0 atom stereocenters. The molecule has 4 nitrogen and oxygen atoms in total. The highest BCUT2D eigenvalue weighted by Crippen LogP contribution is 2.11. The first kappa shape index (κ1) is 13.2. The van der Waals surface area contributed by atoms with E-state index in [1.807, 2.05) is 0 Å². The van der Waals surface area contributed by atoms with E-state index in [9.17, 15) is 14.0 Å². The summed E-state index contributed by atoms with van der Waals surface area (Å²) in [6, 6.07) is 6.02. The molecule has 0 aliphatic heterocycles. The van der Waals surface area contributed by atoms with Crippen molar-refractivity contribution in [2.75, 3.05) is 18.5 Å². The first-order valence-electron chi connectivity index (χ1n) is 5.29. The molecule has 0 heterocycles. The van der Waals surface area contributed by atoms with Crippen molar-refractivity contribution in [3.63, 3.8) is 0 Å². The number of benzene rings is 1. The predicted octanol–water partition coefficient (Wildman–Crippen LogP) is 1.76. The summed E-state index contributed by atoms with van der Waals surface area (Å²) < 4.78 is 17.8. The van der Waals surface area contributed by atoms with Gasteiger partial charge < -0.3 is 10.1 Å². The SMILES string of the molecule is CCOC(=O)CC(=O)CNc1ccccc1F. The fraction of sp³-hybridized carbons (Fsp3) is 0.333. The Labute approximate surface area is 98.8 Å². The predicted molar refractivity (Wildman–Crippen MR) is 61.1 cm³/mol. The average molecular weight is 239 g/mol. The lowest BCUT2D eigenvalue weighted by Crippen LogP contribution is -2.19. The number of Topliss-reactive ketones (excluding diaryl/α,β-unsaturated/α-hetero) is 1. The number of anilines is 1. The number of ether oxygens (including phenoxy) is 1. The largest absolute Gasteiger partial charge is 0.466 e. The standard InChI is InChI=1S/C12H14FNO3/c1-2-17-12(16)7-9(15)8-14-11-6-4-3-5-10(11)13/h3-6,14H,2,7-8H2,1H3. The van der Waals surface area contributed by atoms with Crippen molar-refractivity contribution in [3.05, 3.63) is 30.1 Å². The van der Waals surface area contributed by atoms with Gasteiger partial charge in [-0.15, -0.1) is 0 Å². The van der Waals surface area contributed by atoms with E-state index >= 15 is 0 Å². The van der Waals surface area contributed by atoms with Gasteiger partial charge in [0.05, 0.1) is 18.8 Å². The van der Waals surface area contributed by atoms with Crippen LogP contribution in [0.25, 0.3) is 0 Å². The van der Waals surface area contributed by atoms with Crippen LogP contribution < -0.4 is 5.32 Å². The smallest absolute Gasteiger partial charge is 0.313 e. The third kappa shape index (κ3) is 4.63. The van der Waals surface area contributed by atoms with E-state index in [1.54, 1.807) is 19.1 Å². The minimum absolute atomic E-state index is 0.0975. The van der Waals surface area contributed by atoms with Crippen molar-refractivity contribution >= 4 is 17.4 Å². The lowest BCUT2D eigenvalue weighted by atomic mass is 10.2. The van der Waals surface area contributed by atoms with Gasteiger partial charge >= 0.3 is 5.97 Å². The Morgan fingerprint density at radius 3 is 2.71 bits per heavy atom. The van der Waals surface area contributed by atoms with E-state index in [0.29, 0.717) is 0 Å². The summed E-state index contributed by atoms with van der Waals surface area (Å²) in [6.45, 7) is 1.81. The van der Waals surface area contributed by atoms with Crippen molar-refractivity contribution in [1.29, 1.82) is 0 Å². The summed E-state index contributed by atoms with van der Waals surface area (Å²) in [7, 11) is 0. The molecular weight excluding hydrogens is 225 g/mol. The first-order chi connectivity index (χ1) is 8.13. The highest BCUT2D eigenvalue weighted by molar-refractivity contribution is 5.97. The molecule has 0 aliphatic rings. The van der Waals surface area contributed by atoms with Crippen LogP contribution in [0.3, 0.4) is 0 Å². The molecule has 0 bridgehead atoms. The third-order valence-corrected chi connectivity index (χ3v) is 2.00. The Hall–Kier alpha value is -1.91. The number of rotatable bonds is 6. The molecule has 5 heteroatoms. The number of carbonyl (C=O) groups excluding carboxylic acids is 2. The molecule has 1 aromatic rings. The second kappa shape index (κ2) is 6.62. The van der Waals surface area contributed by atoms with Crippen LogP contribution in [0.2, 0.25) is 0 Å². The third-order valence-electron chi connectivity index (χ3n) is 2.00. The number of ketones is 1. The van der Waals surface area contributed by atoms with E-state index < -0.39 is 11.8 Å². The van der Waals surface area contributed by atoms with Crippen molar-refractivity contribution in [2.45, 2.75) is 13.3 Å². The Morgan fingerprint density at radius 1 is 1.35 bits per heavy atom. The molecule has 1 N–H and O–H groups in total. The molecule has 0 fully saturated rings. The van der Waals surface area contributed by atoms with E-state index in [4.69, 9.17) is 0 Å². The van der Waals surface area contributed by atoms with E-state index in [2.05, 4.69) is 10.1 Å². The molecule has 0 aromatic heterocycles. The number of hydrogen-bond acceptors (Lipinski definition) is 4. The Morgan fingerprint density at radius 2 is 2.06 bits per heavy atom. The number of hydrogen-bond donors (Lipinski definition) is 1. The number of esters is 1. The lowest BCUT2D eigenvalue weighted by molar-refractivity contribution is -0.145. The fourth-order valence-corrected chi connectivity index (χ4v) is 1.23. The van der Waals surface area contributed by atoms with Crippen LogP contribution in [-0.2, 0) is 14.3 Å². The quantitative estimate of drug-likeness (QED) is 0.607. The van der Waals surface area contributed by atoms with Crippen LogP contribution in [0.15, 0.2) is 24.3 Å². The van der Waals surface area contributed by atoms with Crippen LogP contribution in [0, 0.1) is 5.82 Å². The van der Waals surface area contributed by atoms with Crippen LogP contribution in [-0.4, -0.2) is 24.9 Å². The molecule has 0 unspecified atom stereocenters. The van der Waals surface area contributed by atoms with Gasteiger partial charge in [0.15, 0.2) is 5.78 Å². The topological polar surface area (TPSA) is 55.4 Å². The molecule has 0 saturated heterocycles. The average Bonchev–Trinajstić information content (AvgIpc) is 2.28. The summed E-state index contributed by atoms with van der Waals surface area (Å²) >= 11 is 0. The summed E-state index contributed by atoms with van der Waals surface area (Å²) in [6.07, 6.45) is -0.296.